The number of hydrogen-bond acceptors (Lipinski definition) is 9. The minimum Gasteiger partial charge on any atom is -0.465 e. The molecule has 12 nitrogen and oxygen atoms in total. The van der Waals surface area contributed by atoms with Crippen molar-refractivity contribution in [3.05, 3.63) is 83.2 Å². The molecule has 3 aromatic rings. The molecule has 47 heavy (non-hydrogen) atoms. The molecule has 15 heteroatoms. The molecule has 1 aromatic heterocycles. The monoisotopic (exact) mass is 674 g/mol. The molecule has 2 aliphatic heterocycles. The van der Waals surface area contributed by atoms with Crippen LogP contribution in [0.1, 0.15) is 55.7 Å². The lowest BCUT2D eigenvalue weighted by molar-refractivity contribution is -0.118. The summed E-state index contributed by atoms with van der Waals surface area (Å²) in [5.74, 6) is -2.61. The Kier molecular flexibility index (Phi) is 10.9. The zero-order chi connectivity index (χ0) is 33.7. The molecule has 0 spiro atoms. The number of anilines is 1. The molecule has 2 saturated heterocycles. The highest BCUT2D eigenvalue weighted by Gasteiger charge is 2.38. The summed E-state index contributed by atoms with van der Waals surface area (Å²) in [6, 6.07) is 7.99. The smallest absolute Gasteiger partial charge is 0.405 e. The summed E-state index contributed by atoms with van der Waals surface area (Å²) in [6.07, 6.45) is 3.20. The predicted octanol–water partition coefficient (Wildman–Crippen LogP) is 4.98. The van der Waals surface area contributed by atoms with Crippen molar-refractivity contribution < 1.29 is 37.3 Å². The number of hydrogen-bond donors (Lipinski definition) is 6. The SMILES string of the molecule is CC(C)Oc1ncc([C@H](c2ccc(F)cc2)[C@H](NC(=O)O)C(=O)Nc2cccc(F)c2CC[C@H]2CN[C@@H]3CCCS(O)(O)N2C3)cn1. The van der Waals surface area contributed by atoms with Gasteiger partial charge in [0.1, 0.15) is 17.7 Å². The zero-order valence-electron chi connectivity index (χ0n) is 26.1. The summed E-state index contributed by atoms with van der Waals surface area (Å²) in [7, 11) is -2.96. The second kappa shape index (κ2) is 14.9. The third-order valence-corrected chi connectivity index (χ3v) is 10.4. The number of carboxylic acid groups (broad SMARTS) is 1. The van der Waals surface area contributed by atoms with Gasteiger partial charge in [0.2, 0.25) is 5.91 Å². The van der Waals surface area contributed by atoms with Crippen molar-refractivity contribution in [2.45, 2.75) is 69.7 Å². The van der Waals surface area contributed by atoms with E-state index in [9.17, 15) is 28.2 Å². The van der Waals surface area contributed by atoms with Crippen LogP contribution in [0.2, 0.25) is 0 Å². The molecule has 2 bridgehead atoms. The van der Waals surface area contributed by atoms with Crippen molar-refractivity contribution >= 4 is 28.5 Å². The van der Waals surface area contributed by atoms with Gasteiger partial charge in [-0.3, -0.25) is 13.9 Å². The number of aromatic nitrogens is 2. The highest BCUT2D eigenvalue weighted by molar-refractivity contribution is 8.22. The molecule has 3 heterocycles. The van der Waals surface area contributed by atoms with Gasteiger partial charge in [-0.15, -0.1) is 10.8 Å². The maximum Gasteiger partial charge on any atom is 0.405 e. The highest BCUT2D eigenvalue weighted by atomic mass is 32.3. The molecule has 0 saturated carbocycles. The Labute approximate surface area is 273 Å². The molecule has 2 fully saturated rings. The zero-order valence-corrected chi connectivity index (χ0v) is 26.9. The molecule has 2 aromatic carbocycles. The number of piperazine rings is 1. The fraction of sp³-hybridized carbons (Fsp3) is 0.438. The number of carbonyl (C=O) groups excluding carboxylic acids is 1. The first-order chi connectivity index (χ1) is 22.4. The van der Waals surface area contributed by atoms with Crippen molar-refractivity contribution in [3.8, 4) is 6.01 Å². The van der Waals surface area contributed by atoms with E-state index in [4.69, 9.17) is 4.74 Å². The van der Waals surface area contributed by atoms with Gasteiger partial charge in [0, 0.05) is 54.7 Å². The van der Waals surface area contributed by atoms with Crippen LogP contribution in [0.5, 0.6) is 6.01 Å². The van der Waals surface area contributed by atoms with Crippen molar-refractivity contribution in [2.75, 3.05) is 24.2 Å². The van der Waals surface area contributed by atoms with Crippen LogP contribution in [0, 0.1) is 11.6 Å². The first kappa shape index (κ1) is 34.4. The fourth-order valence-corrected chi connectivity index (χ4v) is 8.03. The van der Waals surface area contributed by atoms with E-state index in [2.05, 4.69) is 25.9 Å². The van der Waals surface area contributed by atoms with Gasteiger partial charge in [-0.25, -0.2) is 27.8 Å². The molecule has 5 rings (SSSR count). The van der Waals surface area contributed by atoms with Gasteiger partial charge in [-0.2, -0.15) is 0 Å². The van der Waals surface area contributed by atoms with Crippen LogP contribution in [0.3, 0.4) is 0 Å². The standard InChI is InChI=1S/C32H40F2N6O6S/c1-19(2)46-31-36-15-21(16-37-31)28(20-8-10-22(33)11-9-20)29(39-32(42)43)30(41)38-27-7-3-6-26(34)25(27)13-12-24-17-35-23-5-4-14-47(44,45)40(24)18-23/h3,6-11,15-16,19,23-24,28-29,35,39,44-45H,4-5,12-14,17-18H2,1-2H3,(H,38,41)(H,42,43)/t23-,24+,28+,29+/m1/s1. The van der Waals surface area contributed by atoms with Gasteiger partial charge >= 0.3 is 12.1 Å². The van der Waals surface area contributed by atoms with E-state index in [1.165, 1.54) is 54.9 Å². The predicted molar refractivity (Wildman–Crippen MR) is 174 cm³/mol. The molecule has 254 valence electrons. The van der Waals surface area contributed by atoms with E-state index in [1.807, 2.05) is 0 Å². The number of nitrogens with one attached hydrogen (secondary N) is 3. The van der Waals surface area contributed by atoms with E-state index in [0.29, 0.717) is 37.1 Å². The Morgan fingerprint density at radius 1 is 1.11 bits per heavy atom. The van der Waals surface area contributed by atoms with Gasteiger partial charge in [0.25, 0.3) is 0 Å². The molecular formula is C32H40F2N6O6S. The summed E-state index contributed by atoms with van der Waals surface area (Å²) < 4.78 is 58.1. The van der Waals surface area contributed by atoms with Crippen LogP contribution in [0.15, 0.2) is 54.9 Å². The minimum atomic E-state index is -2.96. The second-order valence-corrected chi connectivity index (χ2v) is 14.2. The summed E-state index contributed by atoms with van der Waals surface area (Å²) in [4.78, 5) is 34.4. The quantitative estimate of drug-likeness (QED) is 0.163. The average Bonchev–Trinajstić information content (AvgIpc) is 3.13. The van der Waals surface area contributed by atoms with Crippen LogP contribution in [-0.2, 0) is 11.2 Å². The van der Waals surface area contributed by atoms with E-state index in [-0.39, 0.29) is 47.6 Å². The molecule has 5 atom stereocenters. The Hall–Kier alpha value is -3.89. The molecule has 2 amide bonds. The second-order valence-electron chi connectivity index (χ2n) is 12.1. The Morgan fingerprint density at radius 3 is 2.51 bits per heavy atom. The molecule has 0 radical (unpaired) electrons. The van der Waals surface area contributed by atoms with E-state index in [1.54, 1.807) is 18.2 Å². The molecular weight excluding hydrogens is 634 g/mol. The van der Waals surface area contributed by atoms with Crippen LogP contribution in [0.4, 0.5) is 19.3 Å². The summed E-state index contributed by atoms with van der Waals surface area (Å²) in [5, 5.41) is 18.2. The maximum absolute atomic E-state index is 15.3. The number of carbonyl (C=O) groups is 2. The van der Waals surface area contributed by atoms with Gasteiger partial charge in [-0.05, 0) is 74.9 Å². The maximum atomic E-state index is 15.3. The first-order valence-electron chi connectivity index (χ1n) is 15.5. The van der Waals surface area contributed by atoms with Gasteiger partial charge in [0.05, 0.1) is 11.9 Å². The van der Waals surface area contributed by atoms with Crippen molar-refractivity contribution in [1.29, 1.82) is 0 Å². The number of fused-ring (bicyclic) bond motifs is 2. The number of rotatable bonds is 11. The van der Waals surface area contributed by atoms with Crippen LogP contribution in [-0.4, -0.2) is 83.6 Å². The number of benzene rings is 2. The largest absolute Gasteiger partial charge is 0.465 e. The Bertz CT molecular complexity index is 1550. The molecule has 0 aliphatic carbocycles. The molecule has 6 N–H and O–H groups in total. The lowest BCUT2D eigenvalue weighted by atomic mass is 9.85. The number of ether oxygens (including phenoxy) is 1. The number of amides is 2. The van der Waals surface area contributed by atoms with Crippen LogP contribution < -0.4 is 20.7 Å². The normalized spacial score (nSPS) is 22.4. The molecule has 2 aliphatic rings. The van der Waals surface area contributed by atoms with Crippen LogP contribution >= 0.6 is 10.8 Å². The fourth-order valence-electron chi connectivity index (χ4n) is 6.16. The summed E-state index contributed by atoms with van der Waals surface area (Å²) >= 11 is 0. The Morgan fingerprint density at radius 2 is 1.83 bits per heavy atom. The third-order valence-electron chi connectivity index (χ3n) is 8.37. The number of nitrogens with zero attached hydrogens (tertiary/aromatic N) is 3. The first-order valence-corrected chi connectivity index (χ1v) is 17.2. The van der Waals surface area contributed by atoms with E-state index < -0.39 is 46.4 Å². The van der Waals surface area contributed by atoms with Crippen LogP contribution in [0.25, 0.3) is 0 Å². The van der Waals surface area contributed by atoms with E-state index >= 15 is 4.39 Å². The van der Waals surface area contributed by atoms with Gasteiger partial charge in [0.15, 0.2) is 0 Å². The Balaban J connectivity index is 1.42. The lowest BCUT2D eigenvalue weighted by Gasteiger charge is -2.49. The van der Waals surface area contributed by atoms with Crippen molar-refractivity contribution in [3.63, 3.8) is 0 Å². The van der Waals surface area contributed by atoms with Crippen molar-refractivity contribution in [1.82, 2.24) is 24.9 Å². The topological polar surface area (TPSA) is 169 Å². The summed E-state index contributed by atoms with van der Waals surface area (Å²) in [6.45, 7) is 4.60. The minimum absolute atomic E-state index is 0.0864. The third kappa shape index (κ3) is 8.53. The average molecular weight is 675 g/mol. The molecule has 1 unspecified atom stereocenters. The van der Waals surface area contributed by atoms with E-state index in [0.717, 1.165) is 6.42 Å². The van der Waals surface area contributed by atoms with Gasteiger partial charge in [-0.1, -0.05) is 18.2 Å². The van der Waals surface area contributed by atoms with Gasteiger partial charge < -0.3 is 25.8 Å². The highest BCUT2D eigenvalue weighted by Crippen LogP contribution is 2.49. The lowest BCUT2D eigenvalue weighted by Crippen LogP contribution is -2.55. The van der Waals surface area contributed by atoms with Crippen molar-refractivity contribution in [2.24, 2.45) is 0 Å². The summed E-state index contributed by atoms with van der Waals surface area (Å²) in [5.41, 5.74) is 1.09. The number of halogens is 2.